The Hall–Kier alpha value is -3.34. The molecular formula is C20H20F3N7O4S2. The SMILES string of the molecule is C/C(CC1Nc2cc(C(F)(F)F)c(S(N)(=O)=O)cc2S(=O)(=O)N1C)=N/Nc1nncc2ccccc12. The van der Waals surface area contributed by atoms with Crippen molar-refractivity contribution in [1.82, 2.24) is 14.5 Å². The zero-order chi connectivity index (χ0) is 26.5. The second kappa shape index (κ2) is 8.95. The zero-order valence-corrected chi connectivity index (χ0v) is 20.4. The summed E-state index contributed by atoms with van der Waals surface area (Å²) in [6.45, 7) is 1.59. The molecule has 36 heavy (non-hydrogen) atoms. The van der Waals surface area contributed by atoms with E-state index < -0.39 is 53.4 Å². The van der Waals surface area contributed by atoms with Crippen molar-refractivity contribution in [2.75, 3.05) is 17.8 Å². The number of nitrogens with one attached hydrogen (secondary N) is 2. The molecular weight excluding hydrogens is 523 g/mol. The molecule has 4 N–H and O–H groups in total. The molecule has 1 aromatic heterocycles. The molecule has 3 aromatic rings. The van der Waals surface area contributed by atoms with Crippen LogP contribution in [0, 0.1) is 0 Å². The van der Waals surface area contributed by atoms with Crippen molar-refractivity contribution >= 4 is 48.0 Å². The number of alkyl halides is 3. The van der Waals surface area contributed by atoms with E-state index >= 15 is 0 Å². The molecule has 2 heterocycles. The van der Waals surface area contributed by atoms with E-state index in [0.717, 1.165) is 15.1 Å². The first-order chi connectivity index (χ1) is 16.7. The number of primary sulfonamides is 1. The van der Waals surface area contributed by atoms with E-state index in [9.17, 15) is 30.0 Å². The molecule has 0 fully saturated rings. The van der Waals surface area contributed by atoms with Gasteiger partial charge >= 0.3 is 6.18 Å². The normalized spacial score (nSPS) is 18.5. The molecule has 0 saturated heterocycles. The van der Waals surface area contributed by atoms with E-state index in [1.54, 1.807) is 13.1 Å². The summed E-state index contributed by atoms with van der Waals surface area (Å²) in [4.78, 5) is -1.97. The number of hydrogen-bond acceptors (Lipinski definition) is 9. The monoisotopic (exact) mass is 543 g/mol. The van der Waals surface area contributed by atoms with Crippen molar-refractivity contribution < 1.29 is 30.0 Å². The summed E-state index contributed by atoms with van der Waals surface area (Å²) in [5, 5.41) is 21.3. The molecule has 192 valence electrons. The zero-order valence-electron chi connectivity index (χ0n) is 18.8. The lowest BCUT2D eigenvalue weighted by molar-refractivity contribution is -0.139. The van der Waals surface area contributed by atoms with Crippen molar-refractivity contribution in [1.29, 1.82) is 0 Å². The van der Waals surface area contributed by atoms with Gasteiger partial charge in [0.2, 0.25) is 20.0 Å². The maximum atomic E-state index is 13.6. The highest BCUT2D eigenvalue weighted by Crippen LogP contribution is 2.41. The van der Waals surface area contributed by atoms with Gasteiger partial charge in [0.1, 0.15) is 4.90 Å². The largest absolute Gasteiger partial charge is 0.417 e. The fraction of sp³-hybridized carbons (Fsp3) is 0.250. The van der Waals surface area contributed by atoms with Crippen LogP contribution in [0.1, 0.15) is 18.9 Å². The molecule has 16 heteroatoms. The van der Waals surface area contributed by atoms with Crippen LogP contribution in [0.2, 0.25) is 0 Å². The molecule has 0 saturated carbocycles. The molecule has 0 spiro atoms. The minimum absolute atomic E-state index is 0.0291. The van der Waals surface area contributed by atoms with Gasteiger partial charge in [0.05, 0.1) is 28.5 Å². The van der Waals surface area contributed by atoms with Gasteiger partial charge in [-0.25, -0.2) is 22.0 Å². The number of hydrogen-bond donors (Lipinski definition) is 3. The first-order valence-corrected chi connectivity index (χ1v) is 13.2. The Bertz CT molecular complexity index is 1590. The van der Waals surface area contributed by atoms with Crippen LogP contribution < -0.4 is 15.9 Å². The van der Waals surface area contributed by atoms with Gasteiger partial charge in [-0.15, -0.1) is 5.10 Å². The lowest BCUT2D eigenvalue weighted by Gasteiger charge is -2.35. The fourth-order valence-electron chi connectivity index (χ4n) is 3.70. The topological polar surface area (TPSA) is 160 Å². The Balaban J connectivity index is 1.66. The summed E-state index contributed by atoms with van der Waals surface area (Å²) >= 11 is 0. The third-order valence-corrected chi connectivity index (χ3v) is 8.38. The van der Waals surface area contributed by atoms with Gasteiger partial charge in [-0.1, -0.05) is 24.3 Å². The van der Waals surface area contributed by atoms with Crippen LogP contribution in [0.4, 0.5) is 24.7 Å². The summed E-state index contributed by atoms with van der Waals surface area (Å²) in [7, 11) is -8.03. The van der Waals surface area contributed by atoms with Crippen molar-refractivity contribution in [3.05, 3.63) is 48.2 Å². The molecule has 0 bridgehead atoms. The van der Waals surface area contributed by atoms with Gasteiger partial charge in [0.25, 0.3) is 0 Å². The smallest absolute Gasteiger partial charge is 0.367 e. The van der Waals surface area contributed by atoms with E-state index in [-0.39, 0.29) is 6.42 Å². The van der Waals surface area contributed by atoms with Crippen molar-refractivity contribution in [2.24, 2.45) is 10.2 Å². The minimum atomic E-state index is -5.10. The number of nitrogens with zero attached hydrogens (tertiary/aromatic N) is 4. The van der Waals surface area contributed by atoms with Gasteiger partial charge in [-0.05, 0) is 19.1 Å². The number of nitrogens with two attached hydrogens (primary N) is 1. The Labute approximate surface area is 204 Å². The standard InChI is InChI=1S/C20H20F3N7O4S2/c1-11(27-29-19-13-6-4-3-5-12(13)10-25-28-19)7-18-26-15-8-14(20(21,22)23)16(35(24,31)32)9-17(15)36(33,34)30(18)2/h3-6,8-10,18,26H,7H2,1-2H3,(H,28,29)(H2,24,31,32)/b27-11-. The van der Waals surface area contributed by atoms with Gasteiger partial charge in [0.15, 0.2) is 5.82 Å². The Morgan fingerprint density at radius 2 is 1.97 bits per heavy atom. The summed E-state index contributed by atoms with van der Waals surface area (Å²) in [6.07, 6.45) is -4.56. The number of rotatable bonds is 5. The van der Waals surface area contributed by atoms with Crippen molar-refractivity contribution in [3.8, 4) is 0 Å². The summed E-state index contributed by atoms with van der Waals surface area (Å²) in [6, 6.07) is 8.15. The Morgan fingerprint density at radius 3 is 2.64 bits per heavy atom. The van der Waals surface area contributed by atoms with E-state index in [0.29, 0.717) is 23.7 Å². The van der Waals surface area contributed by atoms with Crippen molar-refractivity contribution in [2.45, 2.75) is 35.5 Å². The van der Waals surface area contributed by atoms with Gasteiger partial charge in [-0.2, -0.15) is 27.7 Å². The van der Waals surface area contributed by atoms with Crippen LogP contribution >= 0.6 is 0 Å². The highest BCUT2D eigenvalue weighted by Gasteiger charge is 2.42. The van der Waals surface area contributed by atoms with Crippen LogP contribution in [-0.2, 0) is 26.2 Å². The molecule has 1 atom stereocenters. The number of fused-ring (bicyclic) bond motifs is 2. The van der Waals surface area contributed by atoms with Crippen LogP contribution in [0.15, 0.2) is 57.5 Å². The first-order valence-electron chi connectivity index (χ1n) is 10.2. The number of sulfonamides is 2. The number of halogens is 3. The number of aromatic nitrogens is 2. The van der Waals surface area contributed by atoms with Gasteiger partial charge < -0.3 is 5.32 Å². The third-order valence-electron chi connectivity index (χ3n) is 5.52. The highest BCUT2D eigenvalue weighted by molar-refractivity contribution is 7.90. The van der Waals surface area contributed by atoms with Crippen LogP contribution in [0.25, 0.3) is 10.8 Å². The molecule has 2 aromatic carbocycles. The molecule has 0 radical (unpaired) electrons. The van der Waals surface area contributed by atoms with E-state index in [4.69, 9.17) is 5.14 Å². The first kappa shape index (κ1) is 25.7. The molecule has 11 nitrogen and oxygen atoms in total. The van der Waals surface area contributed by atoms with Crippen LogP contribution in [-0.4, -0.2) is 50.3 Å². The number of anilines is 2. The Morgan fingerprint density at radius 1 is 1.28 bits per heavy atom. The average Bonchev–Trinajstić information content (AvgIpc) is 2.79. The summed E-state index contributed by atoms with van der Waals surface area (Å²) in [5.74, 6) is 0.362. The maximum absolute atomic E-state index is 13.6. The third kappa shape index (κ3) is 4.84. The summed E-state index contributed by atoms with van der Waals surface area (Å²) in [5.41, 5.74) is 1.19. The number of hydrazone groups is 1. The molecule has 4 rings (SSSR count). The molecule has 1 aliphatic heterocycles. The quantitative estimate of drug-likeness (QED) is 0.327. The molecule has 0 amide bonds. The molecule has 1 aliphatic rings. The minimum Gasteiger partial charge on any atom is -0.367 e. The van der Waals surface area contributed by atoms with E-state index in [2.05, 4.69) is 26.0 Å². The lowest BCUT2D eigenvalue weighted by atomic mass is 10.1. The van der Waals surface area contributed by atoms with E-state index in [1.807, 2.05) is 24.3 Å². The van der Waals surface area contributed by atoms with Gasteiger partial charge in [0, 0.05) is 30.0 Å². The van der Waals surface area contributed by atoms with Crippen LogP contribution in [0.3, 0.4) is 0 Å². The number of benzene rings is 2. The fourth-order valence-corrected chi connectivity index (χ4v) is 5.97. The second-order valence-corrected chi connectivity index (χ2v) is 11.5. The van der Waals surface area contributed by atoms with Crippen molar-refractivity contribution in [3.63, 3.8) is 0 Å². The average molecular weight is 544 g/mol. The summed E-state index contributed by atoms with van der Waals surface area (Å²) < 4.78 is 91.2. The molecule has 0 aliphatic carbocycles. The maximum Gasteiger partial charge on any atom is 0.417 e. The van der Waals surface area contributed by atoms with E-state index in [1.165, 1.54) is 7.05 Å². The molecule has 1 unspecified atom stereocenters. The predicted octanol–water partition coefficient (Wildman–Crippen LogP) is 2.55. The van der Waals surface area contributed by atoms with Gasteiger partial charge in [-0.3, -0.25) is 5.43 Å². The Kier molecular flexibility index (Phi) is 6.40. The second-order valence-electron chi connectivity index (χ2n) is 8.01. The predicted molar refractivity (Wildman–Crippen MR) is 126 cm³/mol. The highest BCUT2D eigenvalue weighted by atomic mass is 32.2. The van der Waals surface area contributed by atoms with Crippen LogP contribution in [0.5, 0.6) is 0 Å². The lowest BCUT2D eigenvalue weighted by Crippen LogP contribution is -2.47.